The Balaban J connectivity index is 1.72. The van der Waals surface area contributed by atoms with E-state index in [-0.39, 0.29) is 5.57 Å². The number of hydrogen-bond donors (Lipinski definition) is 2. The molecule has 7 heteroatoms. The normalized spacial score (nSPS) is 13.3. The lowest BCUT2D eigenvalue weighted by Crippen LogP contribution is -2.14. The number of amides is 1. The Labute approximate surface area is 203 Å². The van der Waals surface area contributed by atoms with Crippen LogP contribution in [-0.4, -0.2) is 21.6 Å². The summed E-state index contributed by atoms with van der Waals surface area (Å²) in [5.74, 6) is -1.39. The smallest absolute Gasteiger partial charge is 0.339 e. The number of aryl methyl sites for hydroxylation is 4. The zero-order chi connectivity index (χ0) is 24.6. The maximum atomic E-state index is 12.8. The van der Waals surface area contributed by atoms with Crippen LogP contribution in [0.3, 0.4) is 0 Å². The number of aromatic carboxylic acids is 1. The highest BCUT2D eigenvalue weighted by molar-refractivity contribution is 7.15. The molecule has 174 valence electrons. The second-order valence-corrected chi connectivity index (χ2v) is 9.88. The van der Waals surface area contributed by atoms with Crippen LogP contribution in [0.1, 0.15) is 61.7 Å². The van der Waals surface area contributed by atoms with Gasteiger partial charge >= 0.3 is 5.97 Å². The molecule has 2 N–H and O–H groups in total. The number of thiophene rings is 1. The number of anilines is 1. The van der Waals surface area contributed by atoms with E-state index in [0.717, 1.165) is 58.6 Å². The number of hydrogen-bond acceptors (Lipinski definition) is 4. The standard InChI is InChI=1S/C27H27N3O3S/c1-15-9-10-22(16(2)11-15)29-25(31)20(14-28)13-19-12-17(3)30(18(19)4)26-24(27(32)33)21-7-5-6-8-23(21)34-26/h9-13H,5-8H2,1-4H3,(H,29,31)(H,32,33)/b20-13-. The van der Waals surface area contributed by atoms with E-state index in [1.807, 2.05) is 62.6 Å². The van der Waals surface area contributed by atoms with Crippen LogP contribution in [0, 0.1) is 39.0 Å². The Hall–Kier alpha value is -3.63. The van der Waals surface area contributed by atoms with Crippen molar-refractivity contribution in [3.05, 3.63) is 73.9 Å². The molecule has 4 rings (SSSR count). The molecule has 0 spiro atoms. The van der Waals surface area contributed by atoms with Gasteiger partial charge in [-0.2, -0.15) is 5.26 Å². The molecule has 0 unspecified atom stereocenters. The summed E-state index contributed by atoms with van der Waals surface area (Å²) in [4.78, 5) is 26.2. The van der Waals surface area contributed by atoms with E-state index < -0.39 is 11.9 Å². The summed E-state index contributed by atoms with van der Waals surface area (Å²) in [6.45, 7) is 7.69. The monoisotopic (exact) mass is 473 g/mol. The van der Waals surface area contributed by atoms with Crippen LogP contribution in [0.4, 0.5) is 5.69 Å². The van der Waals surface area contributed by atoms with Crippen molar-refractivity contribution in [1.82, 2.24) is 4.57 Å². The summed E-state index contributed by atoms with van der Waals surface area (Å²) < 4.78 is 1.94. The molecule has 2 heterocycles. The minimum atomic E-state index is -0.912. The van der Waals surface area contributed by atoms with Gasteiger partial charge in [0.05, 0.1) is 5.56 Å². The highest BCUT2D eigenvalue weighted by Crippen LogP contribution is 2.39. The number of fused-ring (bicyclic) bond motifs is 1. The van der Waals surface area contributed by atoms with E-state index in [4.69, 9.17) is 0 Å². The molecule has 0 bridgehead atoms. The third-order valence-corrected chi connectivity index (χ3v) is 7.61. The molecule has 0 aliphatic heterocycles. The molecule has 0 atom stereocenters. The predicted molar refractivity (Wildman–Crippen MR) is 135 cm³/mol. The Morgan fingerprint density at radius 1 is 1.15 bits per heavy atom. The van der Waals surface area contributed by atoms with Crippen molar-refractivity contribution in [2.45, 2.75) is 53.4 Å². The maximum absolute atomic E-state index is 12.8. The molecule has 34 heavy (non-hydrogen) atoms. The van der Waals surface area contributed by atoms with Crippen LogP contribution in [0.5, 0.6) is 0 Å². The third-order valence-electron chi connectivity index (χ3n) is 6.33. The lowest BCUT2D eigenvalue weighted by molar-refractivity contribution is -0.112. The molecular formula is C27H27N3O3S. The van der Waals surface area contributed by atoms with Gasteiger partial charge in [0.15, 0.2) is 0 Å². The zero-order valence-corrected chi connectivity index (χ0v) is 20.6. The van der Waals surface area contributed by atoms with Crippen molar-refractivity contribution in [2.24, 2.45) is 0 Å². The second kappa shape index (κ2) is 9.32. The van der Waals surface area contributed by atoms with Gasteiger partial charge in [0.25, 0.3) is 5.91 Å². The molecule has 2 aromatic heterocycles. The summed E-state index contributed by atoms with van der Waals surface area (Å²) >= 11 is 1.54. The van der Waals surface area contributed by atoms with Gasteiger partial charge in [0, 0.05) is 22.0 Å². The molecule has 1 amide bonds. The Morgan fingerprint density at radius 2 is 1.88 bits per heavy atom. The van der Waals surface area contributed by atoms with Crippen molar-refractivity contribution >= 4 is 35.0 Å². The van der Waals surface area contributed by atoms with Crippen molar-refractivity contribution in [2.75, 3.05) is 5.32 Å². The Kier molecular flexibility index (Phi) is 6.45. The van der Waals surface area contributed by atoms with Crippen LogP contribution in [0.15, 0.2) is 29.8 Å². The number of carboxylic acid groups (broad SMARTS) is 1. The van der Waals surface area contributed by atoms with Gasteiger partial charge in [0.2, 0.25) is 0 Å². The fraction of sp³-hybridized carbons (Fsp3) is 0.296. The van der Waals surface area contributed by atoms with Crippen LogP contribution >= 0.6 is 11.3 Å². The third kappa shape index (κ3) is 4.29. The quantitative estimate of drug-likeness (QED) is 0.356. The number of carbonyl (C=O) groups excluding carboxylic acids is 1. The average molecular weight is 474 g/mol. The number of rotatable bonds is 5. The molecule has 1 aromatic carbocycles. The number of nitriles is 1. The van der Waals surface area contributed by atoms with E-state index in [2.05, 4.69) is 5.32 Å². The van der Waals surface area contributed by atoms with Gasteiger partial charge in [-0.15, -0.1) is 11.3 Å². The minimum absolute atomic E-state index is 0.0100. The fourth-order valence-electron chi connectivity index (χ4n) is 4.62. The van der Waals surface area contributed by atoms with Gasteiger partial charge in [0.1, 0.15) is 16.6 Å². The number of benzene rings is 1. The first kappa shape index (κ1) is 23.5. The molecule has 6 nitrogen and oxygen atoms in total. The number of carboxylic acids is 1. The summed E-state index contributed by atoms with van der Waals surface area (Å²) in [6, 6.07) is 9.62. The number of carbonyl (C=O) groups is 2. The average Bonchev–Trinajstić information content (AvgIpc) is 3.30. The lowest BCUT2D eigenvalue weighted by atomic mass is 9.95. The molecule has 0 fully saturated rings. The predicted octanol–water partition coefficient (Wildman–Crippen LogP) is 5.90. The molecule has 1 aliphatic rings. The zero-order valence-electron chi connectivity index (χ0n) is 19.8. The summed E-state index contributed by atoms with van der Waals surface area (Å²) in [5.41, 5.74) is 6.37. The number of nitrogens with one attached hydrogen (secondary N) is 1. The van der Waals surface area contributed by atoms with Crippen LogP contribution in [0.25, 0.3) is 11.1 Å². The van der Waals surface area contributed by atoms with Crippen molar-refractivity contribution in [1.29, 1.82) is 5.26 Å². The first-order valence-corrected chi connectivity index (χ1v) is 12.1. The van der Waals surface area contributed by atoms with Crippen molar-refractivity contribution < 1.29 is 14.7 Å². The SMILES string of the molecule is Cc1ccc(NC(=O)/C(C#N)=C\c2cc(C)n(-c3sc4c(c3C(=O)O)CCCC4)c2C)c(C)c1. The molecule has 1 aliphatic carbocycles. The second-order valence-electron chi connectivity index (χ2n) is 8.80. The van der Waals surface area contributed by atoms with Crippen molar-refractivity contribution in [3.63, 3.8) is 0 Å². The largest absolute Gasteiger partial charge is 0.478 e. The highest BCUT2D eigenvalue weighted by Gasteiger charge is 2.27. The van der Waals surface area contributed by atoms with Gasteiger partial charge in [-0.3, -0.25) is 4.79 Å². The van der Waals surface area contributed by atoms with Gasteiger partial charge in [-0.25, -0.2) is 4.79 Å². The van der Waals surface area contributed by atoms with Gasteiger partial charge in [-0.1, -0.05) is 17.7 Å². The molecule has 3 aromatic rings. The first-order chi connectivity index (χ1) is 16.2. The molecule has 0 radical (unpaired) electrons. The van der Waals surface area contributed by atoms with Gasteiger partial charge < -0.3 is 15.0 Å². The van der Waals surface area contributed by atoms with E-state index in [1.165, 1.54) is 11.3 Å². The highest BCUT2D eigenvalue weighted by atomic mass is 32.1. The lowest BCUT2D eigenvalue weighted by Gasteiger charge is -2.11. The number of aromatic nitrogens is 1. The molecule has 0 saturated heterocycles. The van der Waals surface area contributed by atoms with E-state index >= 15 is 0 Å². The minimum Gasteiger partial charge on any atom is -0.478 e. The first-order valence-electron chi connectivity index (χ1n) is 11.3. The van der Waals surface area contributed by atoms with E-state index in [1.54, 1.807) is 6.08 Å². The summed E-state index contributed by atoms with van der Waals surface area (Å²) in [7, 11) is 0. The molecular weight excluding hydrogens is 446 g/mol. The Morgan fingerprint density at radius 3 is 2.56 bits per heavy atom. The molecule has 0 saturated carbocycles. The van der Waals surface area contributed by atoms with E-state index in [0.29, 0.717) is 21.8 Å². The van der Waals surface area contributed by atoms with Crippen LogP contribution < -0.4 is 5.32 Å². The number of nitrogens with zero attached hydrogens (tertiary/aromatic N) is 2. The van der Waals surface area contributed by atoms with Crippen LogP contribution in [0.2, 0.25) is 0 Å². The fourth-order valence-corrected chi connectivity index (χ4v) is 6.12. The van der Waals surface area contributed by atoms with Crippen molar-refractivity contribution in [3.8, 4) is 11.1 Å². The summed E-state index contributed by atoms with van der Waals surface area (Å²) in [5, 5.41) is 23.2. The van der Waals surface area contributed by atoms with Crippen LogP contribution in [-0.2, 0) is 17.6 Å². The van der Waals surface area contributed by atoms with E-state index in [9.17, 15) is 20.0 Å². The summed E-state index contributed by atoms with van der Waals surface area (Å²) in [6.07, 6.45) is 5.35. The Bertz CT molecular complexity index is 1380. The maximum Gasteiger partial charge on any atom is 0.339 e. The van der Waals surface area contributed by atoms with Gasteiger partial charge in [-0.05, 0) is 88.3 Å². The topological polar surface area (TPSA) is 95.1 Å².